The van der Waals surface area contributed by atoms with Crippen LogP contribution in [-0.4, -0.2) is 22.7 Å². The number of rotatable bonds is 6. The highest BCUT2D eigenvalue weighted by atomic mass is 32.1. The summed E-state index contributed by atoms with van der Waals surface area (Å²) in [5.74, 6) is 1.06. The quantitative estimate of drug-likeness (QED) is 0.891. The molecule has 5 heteroatoms. The third kappa shape index (κ3) is 3.24. The van der Waals surface area contributed by atoms with Crippen LogP contribution in [0.3, 0.4) is 0 Å². The van der Waals surface area contributed by atoms with E-state index in [0.29, 0.717) is 6.04 Å². The van der Waals surface area contributed by atoms with Crippen molar-refractivity contribution in [3.8, 4) is 5.75 Å². The van der Waals surface area contributed by atoms with Crippen LogP contribution in [0.4, 0.5) is 0 Å². The van der Waals surface area contributed by atoms with E-state index < -0.39 is 0 Å². The van der Waals surface area contributed by atoms with Crippen molar-refractivity contribution in [2.75, 3.05) is 13.2 Å². The SMILES string of the molecule is CCNC(CCc1ccc2c(c1)CCO2)c1snnc1C. The first-order valence-corrected chi connectivity index (χ1v) is 8.32. The predicted molar refractivity (Wildman–Crippen MR) is 85.0 cm³/mol. The molecule has 0 aliphatic carbocycles. The smallest absolute Gasteiger partial charge is 0.122 e. The molecule has 2 heterocycles. The van der Waals surface area contributed by atoms with E-state index in [0.717, 1.165) is 43.9 Å². The average Bonchev–Trinajstić information content (AvgIpc) is 3.11. The summed E-state index contributed by atoms with van der Waals surface area (Å²) in [4.78, 5) is 1.27. The van der Waals surface area contributed by atoms with Gasteiger partial charge in [-0.15, -0.1) is 5.10 Å². The van der Waals surface area contributed by atoms with E-state index >= 15 is 0 Å². The normalized spacial score (nSPS) is 14.8. The molecular weight excluding hydrogens is 282 g/mol. The molecule has 1 N–H and O–H groups in total. The van der Waals surface area contributed by atoms with Crippen molar-refractivity contribution in [1.82, 2.24) is 14.9 Å². The Bertz CT molecular complexity index is 611. The summed E-state index contributed by atoms with van der Waals surface area (Å²) in [5.41, 5.74) is 3.79. The maximum atomic E-state index is 5.57. The van der Waals surface area contributed by atoms with Gasteiger partial charge in [0, 0.05) is 12.5 Å². The first-order chi connectivity index (χ1) is 10.3. The van der Waals surface area contributed by atoms with Crippen molar-refractivity contribution in [3.05, 3.63) is 39.9 Å². The van der Waals surface area contributed by atoms with Gasteiger partial charge in [-0.05, 0) is 55.0 Å². The lowest BCUT2D eigenvalue weighted by Gasteiger charge is -2.16. The van der Waals surface area contributed by atoms with E-state index in [-0.39, 0.29) is 0 Å². The molecule has 4 nitrogen and oxygen atoms in total. The van der Waals surface area contributed by atoms with Gasteiger partial charge in [-0.2, -0.15) is 0 Å². The molecule has 0 amide bonds. The molecule has 0 bridgehead atoms. The van der Waals surface area contributed by atoms with Crippen LogP contribution < -0.4 is 10.1 Å². The van der Waals surface area contributed by atoms with E-state index in [2.05, 4.69) is 40.0 Å². The first kappa shape index (κ1) is 14.5. The molecule has 2 aromatic rings. The van der Waals surface area contributed by atoms with Gasteiger partial charge in [-0.1, -0.05) is 23.5 Å². The topological polar surface area (TPSA) is 47.0 Å². The van der Waals surface area contributed by atoms with Crippen molar-refractivity contribution in [3.63, 3.8) is 0 Å². The molecule has 0 spiro atoms. The number of hydrogen-bond acceptors (Lipinski definition) is 5. The van der Waals surface area contributed by atoms with Gasteiger partial charge < -0.3 is 10.1 Å². The molecule has 0 radical (unpaired) electrons. The molecule has 0 saturated heterocycles. The molecule has 0 fully saturated rings. The van der Waals surface area contributed by atoms with E-state index in [1.165, 1.54) is 27.5 Å². The minimum absolute atomic E-state index is 0.347. The summed E-state index contributed by atoms with van der Waals surface area (Å²) in [5, 5.41) is 7.69. The second kappa shape index (κ2) is 6.54. The van der Waals surface area contributed by atoms with Crippen molar-refractivity contribution >= 4 is 11.5 Å². The summed E-state index contributed by atoms with van der Waals surface area (Å²) in [7, 11) is 0. The third-order valence-corrected chi connectivity index (χ3v) is 4.87. The standard InChI is InChI=1S/C16H21N3OS/c1-3-17-14(16-11(2)18-19-21-16)6-4-12-5-7-15-13(10-12)8-9-20-15/h5,7,10,14,17H,3-4,6,8-9H2,1-2H3. The Balaban J connectivity index is 1.68. The van der Waals surface area contributed by atoms with Gasteiger partial charge in [0.1, 0.15) is 5.75 Å². The van der Waals surface area contributed by atoms with Crippen molar-refractivity contribution in [2.45, 2.75) is 39.2 Å². The van der Waals surface area contributed by atoms with Crippen LogP contribution in [0.15, 0.2) is 18.2 Å². The number of hydrogen-bond donors (Lipinski definition) is 1. The minimum atomic E-state index is 0.347. The van der Waals surface area contributed by atoms with Gasteiger partial charge in [0.2, 0.25) is 0 Å². The average molecular weight is 303 g/mol. The van der Waals surface area contributed by atoms with Gasteiger partial charge in [-0.25, -0.2) is 0 Å². The van der Waals surface area contributed by atoms with E-state index in [4.69, 9.17) is 4.74 Å². The number of fused-ring (bicyclic) bond motifs is 1. The van der Waals surface area contributed by atoms with Crippen LogP contribution in [-0.2, 0) is 12.8 Å². The van der Waals surface area contributed by atoms with Crippen molar-refractivity contribution < 1.29 is 4.74 Å². The van der Waals surface area contributed by atoms with Crippen LogP contribution in [0.25, 0.3) is 0 Å². The van der Waals surface area contributed by atoms with E-state index in [1.807, 2.05) is 6.92 Å². The number of nitrogens with one attached hydrogen (secondary N) is 1. The minimum Gasteiger partial charge on any atom is -0.493 e. The highest BCUT2D eigenvalue weighted by molar-refractivity contribution is 7.05. The van der Waals surface area contributed by atoms with Crippen LogP contribution in [0.5, 0.6) is 5.75 Å². The monoisotopic (exact) mass is 303 g/mol. The van der Waals surface area contributed by atoms with E-state index in [1.54, 1.807) is 0 Å². The molecule has 1 aromatic heterocycles. The van der Waals surface area contributed by atoms with Crippen molar-refractivity contribution in [1.29, 1.82) is 0 Å². The molecule has 1 unspecified atom stereocenters. The van der Waals surface area contributed by atoms with Gasteiger partial charge in [-0.3, -0.25) is 0 Å². The summed E-state index contributed by atoms with van der Waals surface area (Å²) in [6, 6.07) is 6.94. The molecule has 1 aromatic carbocycles. The molecule has 1 aliphatic rings. The fourth-order valence-corrected chi connectivity index (χ4v) is 3.59. The molecule has 1 atom stereocenters. The number of benzene rings is 1. The second-order valence-electron chi connectivity index (χ2n) is 5.41. The van der Waals surface area contributed by atoms with Crippen LogP contribution in [0.1, 0.15) is 41.1 Å². The van der Waals surface area contributed by atoms with Crippen molar-refractivity contribution in [2.24, 2.45) is 0 Å². The zero-order valence-electron chi connectivity index (χ0n) is 12.6. The largest absolute Gasteiger partial charge is 0.493 e. The first-order valence-electron chi connectivity index (χ1n) is 7.54. The van der Waals surface area contributed by atoms with Gasteiger partial charge in [0.15, 0.2) is 0 Å². The Hall–Kier alpha value is -1.46. The second-order valence-corrected chi connectivity index (χ2v) is 6.20. The maximum absolute atomic E-state index is 5.57. The Morgan fingerprint density at radius 2 is 2.33 bits per heavy atom. The van der Waals surface area contributed by atoms with Gasteiger partial charge in [0.25, 0.3) is 0 Å². The molecule has 112 valence electrons. The lowest BCUT2D eigenvalue weighted by molar-refractivity contribution is 0.357. The Morgan fingerprint density at radius 1 is 1.43 bits per heavy atom. The number of aryl methyl sites for hydroxylation is 2. The summed E-state index contributed by atoms with van der Waals surface area (Å²) < 4.78 is 9.63. The van der Waals surface area contributed by atoms with Crippen LogP contribution >= 0.6 is 11.5 Å². The lowest BCUT2D eigenvalue weighted by Crippen LogP contribution is -2.21. The highest BCUT2D eigenvalue weighted by Crippen LogP contribution is 2.28. The summed E-state index contributed by atoms with van der Waals surface area (Å²) >= 11 is 1.51. The summed E-state index contributed by atoms with van der Waals surface area (Å²) in [6.45, 7) is 5.96. The zero-order chi connectivity index (χ0) is 14.7. The lowest BCUT2D eigenvalue weighted by atomic mass is 10.0. The van der Waals surface area contributed by atoms with Gasteiger partial charge in [0.05, 0.1) is 17.2 Å². The Labute approximate surface area is 129 Å². The predicted octanol–water partition coefficient (Wildman–Crippen LogP) is 3.06. The summed E-state index contributed by atoms with van der Waals surface area (Å²) in [6.07, 6.45) is 3.16. The van der Waals surface area contributed by atoms with Crippen LogP contribution in [0.2, 0.25) is 0 Å². The fourth-order valence-electron chi connectivity index (χ4n) is 2.84. The molecule has 0 saturated carbocycles. The number of ether oxygens (including phenoxy) is 1. The number of nitrogens with zero attached hydrogens (tertiary/aromatic N) is 2. The molecule has 21 heavy (non-hydrogen) atoms. The maximum Gasteiger partial charge on any atom is 0.122 e. The molecular formula is C16H21N3OS. The third-order valence-electron chi connectivity index (χ3n) is 3.93. The molecule has 3 rings (SSSR count). The Kier molecular flexibility index (Phi) is 4.51. The molecule has 1 aliphatic heterocycles. The zero-order valence-corrected chi connectivity index (χ0v) is 13.4. The van der Waals surface area contributed by atoms with E-state index in [9.17, 15) is 0 Å². The number of aromatic nitrogens is 2. The Morgan fingerprint density at radius 3 is 3.10 bits per heavy atom. The van der Waals surface area contributed by atoms with Gasteiger partial charge >= 0.3 is 0 Å². The van der Waals surface area contributed by atoms with Crippen LogP contribution in [0, 0.1) is 6.92 Å². The highest BCUT2D eigenvalue weighted by Gasteiger charge is 2.17. The fraction of sp³-hybridized carbons (Fsp3) is 0.500.